The highest BCUT2D eigenvalue weighted by molar-refractivity contribution is 6.73. The predicted octanol–water partition coefficient (Wildman–Crippen LogP) is 3.43. The summed E-state index contributed by atoms with van der Waals surface area (Å²) in [6.07, 6.45) is -1.24. The minimum Gasteiger partial charge on any atom is -0.409 e. The molecule has 174 valence electrons. The van der Waals surface area contributed by atoms with Gasteiger partial charge in [-0.2, -0.15) is 0 Å². The normalized spacial score (nSPS) is 26.4. The Labute approximate surface area is 186 Å². The Bertz CT molecular complexity index is 676. The Hall–Kier alpha value is -1.58. The van der Waals surface area contributed by atoms with Gasteiger partial charge < -0.3 is 28.7 Å². The van der Waals surface area contributed by atoms with Gasteiger partial charge in [0.15, 0.2) is 14.6 Å². The number of ether oxygens (including phenoxy) is 3. The second-order valence-corrected chi connectivity index (χ2v) is 12.7. The number of carbonyl (C=O) groups is 2. The van der Waals surface area contributed by atoms with Crippen LogP contribution in [0.4, 0.5) is 0 Å². The van der Waals surface area contributed by atoms with Crippen molar-refractivity contribution in [3.8, 4) is 0 Å². The van der Waals surface area contributed by atoms with Crippen LogP contribution in [0.5, 0.6) is 0 Å². The zero-order chi connectivity index (χ0) is 22.9. The van der Waals surface area contributed by atoms with Gasteiger partial charge in [0.2, 0.25) is 5.91 Å². The average molecular weight is 452 g/mol. The van der Waals surface area contributed by atoms with Crippen molar-refractivity contribution >= 4 is 20.5 Å². The number of aldehydes is 1. The first-order valence-electron chi connectivity index (χ1n) is 11.2. The summed E-state index contributed by atoms with van der Waals surface area (Å²) in [5, 5.41) is 2.93. The lowest BCUT2D eigenvalue weighted by Gasteiger charge is -2.48. The number of methoxy groups -OCH3 is 1. The fourth-order valence-corrected chi connectivity index (χ4v) is 7.04. The fourth-order valence-electron chi connectivity index (χ4n) is 4.17. The molecule has 1 fully saturated rings. The van der Waals surface area contributed by atoms with Gasteiger partial charge in [0, 0.05) is 20.5 Å². The fraction of sp³-hybridized carbons (Fsp3) is 0.652. The monoisotopic (exact) mass is 451 g/mol. The van der Waals surface area contributed by atoms with Crippen molar-refractivity contribution in [2.45, 2.75) is 89.5 Å². The molecule has 0 unspecified atom stereocenters. The van der Waals surface area contributed by atoms with Crippen LogP contribution in [0.3, 0.4) is 0 Å². The molecular formula is C23H37NO6Si. The molecule has 2 rings (SSSR count). The van der Waals surface area contributed by atoms with E-state index < -0.39 is 39.0 Å². The third-order valence-corrected chi connectivity index (χ3v) is 10.8. The summed E-state index contributed by atoms with van der Waals surface area (Å²) in [5.41, 5.74) is 1.01. The van der Waals surface area contributed by atoms with Crippen molar-refractivity contribution in [2.75, 3.05) is 7.11 Å². The summed E-state index contributed by atoms with van der Waals surface area (Å²) < 4.78 is 24.9. The van der Waals surface area contributed by atoms with Crippen molar-refractivity contribution in [1.29, 1.82) is 0 Å². The smallest absolute Gasteiger partial charge is 0.217 e. The second kappa shape index (κ2) is 12.5. The number of carbonyl (C=O) groups excluding carboxylic acids is 2. The summed E-state index contributed by atoms with van der Waals surface area (Å²) in [6.45, 7) is 8.27. The molecule has 31 heavy (non-hydrogen) atoms. The van der Waals surface area contributed by atoms with Gasteiger partial charge in [-0.3, -0.25) is 4.79 Å². The molecule has 1 aromatic rings. The van der Waals surface area contributed by atoms with Crippen LogP contribution >= 0.6 is 0 Å². The van der Waals surface area contributed by atoms with E-state index in [0.717, 1.165) is 30.0 Å². The van der Waals surface area contributed by atoms with E-state index in [2.05, 4.69) is 26.1 Å². The van der Waals surface area contributed by atoms with Gasteiger partial charge >= 0.3 is 0 Å². The van der Waals surface area contributed by atoms with E-state index in [4.69, 9.17) is 18.6 Å². The van der Waals surface area contributed by atoms with E-state index in [-0.39, 0.29) is 12.3 Å². The lowest BCUT2D eigenvalue weighted by Crippen LogP contribution is -2.66. The van der Waals surface area contributed by atoms with Crippen molar-refractivity contribution in [3.05, 3.63) is 35.9 Å². The minimum atomic E-state index is -2.06. The summed E-state index contributed by atoms with van der Waals surface area (Å²) in [5.74, 6) is -0.207. The average Bonchev–Trinajstić information content (AvgIpc) is 2.78. The van der Waals surface area contributed by atoms with Crippen LogP contribution in [0.15, 0.2) is 30.3 Å². The molecule has 1 amide bonds. The van der Waals surface area contributed by atoms with E-state index in [1.54, 1.807) is 0 Å². The quantitative estimate of drug-likeness (QED) is 0.387. The molecule has 1 aliphatic heterocycles. The molecule has 1 N–H and O–H groups in total. The summed E-state index contributed by atoms with van der Waals surface area (Å²) in [7, 11) is -0.533. The highest BCUT2D eigenvalue weighted by Crippen LogP contribution is 2.33. The predicted molar refractivity (Wildman–Crippen MR) is 121 cm³/mol. The first-order valence-corrected chi connectivity index (χ1v) is 13.7. The van der Waals surface area contributed by atoms with E-state index in [0.29, 0.717) is 6.61 Å². The van der Waals surface area contributed by atoms with E-state index in [1.807, 2.05) is 30.3 Å². The van der Waals surface area contributed by atoms with Gasteiger partial charge in [0.25, 0.3) is 0 Å². The number of hydrogen-bond donors (Lipinski definition) is 1. The topological polar surface area (TPSA) is 83.1 Å². The Balaban J connectivity index is 2.42. The first-order chi connectivity index (χ1) is 14.9. The van der Waals surface area contributed by atoms with Crippen LogP contribution in [0.25, 0.3) is 0 Å². The van der Waals surface area contributed by atoms with E-state index in [1.165, 1.54) is 14.0 Å². The standard InChI is InChI=1S/C23H37NO6Si/c1-6-31(7-2,8-3)30-21-19(14-15-25)29-23(27-5)20(24-17(4)26)22(21)28-16-18-12-10-9-11-13-18/h9-13,15,19-23H,6-8,14,16H2,1-5H3,(H,24,26)/t19-,20-,21+,22-,23+/m1/s1. The SMILES string of the molecule is CC[Si](CC)(CC)O[C@@H]1[C@H](OCc2ccccc2)[C@@H](NC(C)=O)[C@@H](OC)O[C@@H]1CC=O. The summed E-state index contributed by atoms with van der Waals surface area (Å²) in [6, 6.07) is 12.1. The zero-order valence-electron chi connectivity index (χ0n) is 19.3. The first kappa shape index (κ1) is 25.7. The van der Waals surface area contributed by atoms with Gasteiger partial charge in [0.1, 0.15) is 24.5 Å². The summed E-state index contributed by atoms with van der Waals surface area (Å²) in [4.78, 5) is 23.5. The van der Waals surface area contributed by atoms with Crippen LogP contribution in [-0.4, -0.2) is 58.3 Å². The molecular weight excluding hydrogens is 414 g/mol. The maximum absolute atomic E-state index is 12.0. The van der Waals surface area contributed by atoms with E-state index >= 15 is 0 Å². The Morgan fingerprint density at radius 2 is 1.77 bits per heavy atom. The molecule has 0 spiro atoms. The molecule has 1 aromatic carbocycles. The lowest BCUT2D eigenvalue weighted by molar-refractivity contribution is -0.262. The van der Waals surface area contributed by atoms with Crippen molar-refractivity contribution in [3.63, 3.8) is 0 Å². The van der Waals surface area contributed by atoms with Gasteiger partial charge in [-0.25, -0.2) is 0 Å². The van der Waals surface area contributed by atoms with Gasteiger partial charge in [-0.05, 0) is 23.7 Å². The number of rotatable bonds is 12. The van der Waals surface area contributed by atoms with Crippen molar-refractivity contribution < 1.29 is 28.2 Å². The third kappa shape index (κ3) is 6.70. The van der Waals surface area contributed by atoms with Crippen molar-refractivity contribution in [1.82, 2.24) is 5.32 Å². The maximum atomic E-state index is 12.0. The number of benzene rings is 1. The maximum Gasteiger partial charge on any atom is 0.217 e. The highest BCUT2D eigenvalue weighted by Gasteiger charge is 2.50. The number of amides is 1. The van der Waals surface area contributed by atoms with Crippen LogP contribution in [0, 0.1) is 0 Å². The van der Waals surface area contributed by atoms with Crippen LogP contribution in [-0.2, 0) is 34.8 Å². The molecule has 1 heterocycles. The summed E-state index contributed by atoms with van der Waals surface area (Å²) >= 11 is 0. The van der Waals surface area contributed by atoms with Gasteiger partial charge in [-0.1, -0.05) is 51.1 Å². The molecule has 0 bridgehead atoms. The lowest BCUT2D eigenvalue weighted by atomic mass is 9.94. The molecule has 0 saturated carbocycles. The Kier molecular flexibility index (Phi) is 10.3. The molecule has 0 aliphatic carbocycles. The molecule has 5 atom stereocenters. The molecule has 8 heteroatoms. The second-order valence-electron chi connectivity index (χ2n) is 7.99. The zero-order valence-corrected chi connectivity index (χ0v) is 20.3. The number of nitrogens with one attached hydrogen (secondary N) is 1. The Morgan fingerprint density at radius 3 is 2.29 bits per heavy atom. The molecule has 1 aliphatic rings. The van der Waals surface area contributed by atoms with Crippen LogP contribution in [0.2, 0.25) is 18.1 Å². The molecule has 1 saturated heterocycles. The molecule has 0 aromatic heterocycles. The minimum absolute atomic E-state index is 0.171. The third-order valence-electron chi connectivity index (χ3n) is 6.18. The Morgan fingerprint density at radius 1 is 1.13 bits per heavy atom. The van der Waals surface area contributed by atoms with E-state index in [9.17, 15) is 9.59 Å². The van der Waals surface area contributed by atoms with Crippen LogP contribution in [0.1, 0.15) is 39.7 Å². The number of hydrogen-bond acceptors (Lipinski definition) is 6. The molecule has 7 nitrogen and oxygen atoms in total. The largest absolute Gasteiger partial charge is 0.409 e. The van der Waals surface area contributed by atoms with Gasteiger partial charge in [0.05, 0.1) is 12.7 Å². The highest BCUT2D eigenvalue weighted by atomic mass is 28.4. The van der Waals surface area contributed by atoms with Crippen LogP contribution < -0.4 is 5.32 Å². The molecule has 0 radical (unpaired) electrons. The van der Waals surface area contributed by atoms with Gasteiger partial charge in [-0.15, -0.1) is 0 Å². The van der Waals surface area contributed by atoms with Crippen molar-refractivity contribution in [2.24, 2.45) is 0 Å².